The lowest BCUT2D eigenvalue weighted by Gasteiger charge is -2.07. The largest absolute Gasteiger partial charge is 0.377 e. The van der Waals surface area contributed by atoms with Gasteiger partial charge in [0, 0.05) is 12.3 Å². The highest BCUT2D eigenvalue weighted by molar-refractivity contribution is 5.44. The summed E-state index contributed by atoms with van der Waals surface area (Å²) in [5, 5.41) is 0. The van der Waals surface area contributed by atoms with E-state index in [4.69, 9.17) is 10.6 Å². The molecule has 1 aromatic carbocycles. The van der Waals surface area contributed by atoms with E-state index in [1.807, 2.05) is 24.3 Å². The number of rotatable bonds is 6. The van der Waals surface area contributed by atoms with Gasteiger partial charge in [0.1, 0.15) is 0 Å². The zero-order valence-corrected chi connectivity index (χ0v) is 9.49. The van der Waals surface area contributed by atoms with Gasteiger partial charge in [-0.1, -0.05) is 26.0 Å². The van der Waals surface area contributed by atoms with E-state index < -0.39 is 0 Å². The van der Waals surface area contributed by atoms with Crippen molar-refractivity contribution in [2.45, 2.75) is 26.9 Å². The highest BCUT2D eigenvalue weighted by Crippen LogP contribution is 2.10. The number of nitrogens with one attached hydrogen (secondary N) is 1. The van der Waals surface area contributed by atoms with Crippen molar-refractivity contribution in [3.05, 3.63) is 29.8 Å². The fraction of sp³-hybridized carbons (Fsp3) is 0.500. The standard InChI is InChI=1S/C12H20N2O/c1-10(2)6-7-15-9-11-4-3-5-12(8-11)14-13/h3-5,8,10,14H,6-7,9,13H2,1-2H3. The Hall–Kier alpha value is -1.06. The van der Waals surface area contributed by atoms with Gasteiger partial charge in [-0.15, -0.1) is 0 Å². The highest BCUT2D eigenvalue weighted by Gasteiger charge is 1.97. The number of nitrogen functional groups attached to an aromatic ring is 1. The molecule has 0 unspecified atom stereocenters. The SMILES string of the molecule is CC(C)CCOCc1cccc(NN)c1. The second-order valence-corrected chi connectivity index (χ2v) is 4.08. The van der Waals surface area contributed by atoms with Crippen LogP contribution in [-0.2, 0) is 11.3 Å². The topological polar surface area (TPSA) is 47.3 Å². The van der Waals surface area contributed by atoms with Gasteiger partial charge in [0.25, 0.3) is 0 Å². The second-order valence-electron chi connectivity index (χ2n) is 4.08. The lowest BCUT2D eigenvalue weighted by Crippen LogP contribution is -2.07. The number of ether oxygens (including phenoxy) is 1. The van der Waals surface area contributed by atoms with Crippen LogP contribution in [-0.4, -0.2) is 6.61 Å². The van der Waals surface area contributed by atoms with Crippen molar-refractivity contribution >= 4 is 5.69 Å². The third kappa shape index (κ3) is 4.81. The Morgan fingerprint density at radius 1 is 1.40 bits per heavy atom. The van der Waals surface area contributed by atoms with Crippen LogP contribution < -0.4 is 11.3 Å². The van der Waals surface area contributed by atoms with Crippen molar-refractivity contribution in [3.63, 3.8) is 0 Å². The summed E-state index contributed by atoms with van der Waals surface area (Å²) in [5.74, 6) is 6.02. The third-order valence-electron chi connectivity index (χ3n) is 2.20. The lowest BCUT2D eigenvalue weighted by atomic mass is 10.1. The smallest absolute Gasteiger partial charge is 0.0717 e. The van der Waals surface area contributed by atoms with Gasteiger partial charge in [0.15, 0.2) is 0 Å². The molecule has 0 saturated carbocycles. The van der Waals surface area contributed by atoms with E-state index >= 15 is 0 Å². The van der Waals surface area contributed by atoms with Crippen LogP contribution in [0, 0.1) is 5.92 Å². The molecular formula is C12H20N2O. The fourth-order valence-electron chi connectivity index (χ4n) is 1.26. The normalized spacial score (nSPS) is 10.7. The summed E-state index contributed by atoms with van der Waals surface area (Å²) in [4.78, 5) is 0. The Labute approximate surface area is 91.6 Å². The molecule has 1 rings (SSSR count). The first kappa shape index (κ1) is 12.0. The van der Waals surface area contributed by atoms with Crippen molar-refractivity contribution in [2.75, 3.05) is 12.0 Å². The lowest BCUT2D eigenvalue weighted by molar-refractivity contribution is 0.111. The molecular weight excluding hydrogens is 188 g/mol. The van der Waals surface area contributed by atoms with E-state index in [-0.39, 0.29) is 0 Å². The predicted molar refractivity (Wildman–Crippen MR) is 63.4 cm³/mol. The maximum absolute atomic E-state index is 5.56. The number of hydrazine groups is 1. The molecule has 3 nitrogen and oxygen atoms in total. The van der Waals surface area contributed by atoms with Gasteiger partial charge in [-0.05, 0) is 30.0 Å². The van der Waals surface area contributed by atoms with Crippen LogP contribution in [0.25, 0.3) is 0 Å². The number of hydrogen-bond acceptors (Lipinski definition) is 3. The molecule has 3 heteroatoms. The van der Waals surface area contributed by atoms with Crippen LogP contribution in [0.3, 0.4) is 0 Å². The summed E-state index contributed by atoms with van der Waals surface area (Å²) in [5.41, 5.74) is 4.68. The molecule has 84 valence electrons. The molecule has 0 fully saturated rings. The Morgan fingerprint density at radius 2 is 2.20 bits per heavy atom. The van der Waals surface area contributed by atoms with Crippen LogP contribution in [0.15, 0.2) is 24.3 Å². The van der Waals surface area contributed by atoms with E-state index in [2.05, 4.69) is 19.3 Å². The Balaban J connectivity index is 2.30. The summed E-state index contributed by atoms with van der Waals surface area (Å²) in [6.07, 6.45) is 1.11. The quantitative estimate of drug-likeness (QED) is 0.429. The molecule has 0 heterocycles. The summed E-state index contributed by atoms with van der Waals surface area (Å²) in [6.45, 7) is 5.87. The molecule has 0 atom stereocenters. The fourth-order valence-corrected chi connectivity index (χ4v) is 1.26. The summed E-state index contributed by atoms with van der Waals surface area (Å²) < 4.78 is 5.56. The second kappa shape index (κ2) is 6.43. The molecule has 15 heavy (non-hydrogen) atoms. The number of anilines is 1. The minimum absolute atomic E-state index is 0.655. The van der Waals surface area contributed by atoms with E-state index in [9.17, 15) is 0 Å². The Kier molecular flexibility index (Phi) is 5.15. The zero-order valence-electron chi connectivity index (χ0n) is 9.49. The van der Waals surface area contributed by atoms with Crippen LogP contribution in [0.5, 0.6) is 0 Å². The van der Waals surface area contributed by atoms with Crippen LogP contribution in [0.1, 0.15) is 25.8 Å². The minimum atomic E-state index is 0.655. The summed E-state index contributed by atoms with van der Waals surface area (Å²) >= 11 is 0. The van der Waals surface area contributed by atoms with Gasteiger partial charge < -0.3 is 10.2 Å². The maximum Gasteiger partial charge on any atom is 0.0717 e. The average Bonchev–Trinajstić information content (AvgIpc) is 2.24. The van der Waals surface area contributed by atoms with Crippen LogP contribution in [0.4, 0.5) is 5.69 Å². The van der Waals surface area contributed by atoms with E-state index in [1.54, 1.807) is 0 Å². The van der Waals surface area contributed by atoms with Crippen molar-refractivity contribution in [3.8, 4) is 0 Å². The molecule has 0 aliphatic heterocycles. The first-order valence-corrected chi connectivity index (χ1v) is 5.35. The molecule has 0 amide bonds. The van der Waals surface area contributed by atoms with Gasteiger partial charge in [0.05, 0.1) is 6.61 Å². The summed E-state index contributed by atoms with van der Waals surface area (Å²) in [6, 6.07) is 7.93. The summed E-state index contributed by atoms with van der Waals surface area (Å²) in [7, 11) is 0. The van der Waals surface area contributed by atoms with Gasteiger partial charge in [-0.3, -0.25) is 5.84 Å². The molecule has 1 aromatic rings. The molecule has 0 aliphatic carbocycles. The molecule has 0 bridgehead atoms. The molecule has 0 aromatic heterocycles. The van der Waals surface area contributed by atoms with Gasteiger partial charge >= 0.3 is 0 Å². The number of hydrogen-bond donors (Lipinski definition) is 2. The minimum Gasteiger partial charge on any atom is -0.377 e. The number of benzene rings is 1. The van der Waals surface area contributed by atoms with Crippen molar-refractivity contribution in [1.29, 1.82) is 0 Å². The third-order valence-corrected chi connectivity index (χ3v) is 2.20. The number of nitrogens with two attached hydrogens (primary N) is 1. The molecule has 3 N–H and O–H groups in total. The Morgan fingerprint density at radius 3 is 2.87 bits per heavy atom. The van der Waals surface area contributed by atoms with Crippen molar-refractivity contribution in [1.82, 2.24) is 0 Å². The first-order chi connectivity index (χ1) is 7.22. The van der Waals surface area contributed by atoms with Crippen molar-refractivity contribution in [2.24, 2.45) is 11.8 Å². The Bertz CT molecular complexity index is 287. The average molecular weight is 208 g/mol. The van der Waals surface area contributed by atoms with Crippen LogP contribution >= 0.6 is 0 Å². The van der Waals surface area contributed by atoms with Crippen molar-refractivity contribution < 1.29 is 4.74 Å². The first-order valence-electron chi connectivity index (χ1n) is 5.35. The molecule has 0 saturated heterocycles. The van der Waals surface area contributed by atoms with Gasteiger partial charge in [-0.25, -0.2) is 0 Å². The maximum atomic E-state index is 5.56. The zero-order chi connectivity index (χ0) is 11.1. The van der Waals surface area contributed by atoms with E-state index in [1.165, 1.54) is 0 Å². The van der Waals surface area contributed by atoms with E-state index in [0.717, 1.165) is 24.3 Å². The van der Waals surface area contributed by atoms with E-state index in [0.29, 0.717) is 12.5 Å². The van der Waals surface area contributed by atoms with Crippen LogP contribution in [0.2, 0.25) is 0 Å². The highest BCUT2D eigenvalue weighted by atomic mass is 16.5. The monoisotopic (exact) mass is 208 g/mol. The predicted octanol–water partition coefficient (Wildman–Crippen LogP) is 2.53. The van der Waals surface area contributed by atoms with Gasteiger partial charge in [-0.2, -0.15) is 0 Å². The van der Waals surface area contributed by atoms with Gasteiger partial charge in [0.2, 0.25) is 0 Å². The molecule has 0 radical (unpaired) electrons. The molecule has 0 spiro atoms. The molecule has 0 aliphatic rings.